The van der Waals surface area contributed by atoms with Gasteiger partial charge in [-0.2, -0.15) is 0 Å². The normalized spacial score (nSPS) is 25.2. The van der Waals surface area contributed by atoms with Crippen LogP contribution in [0.15, 0.2) is 54.6 Å². The molecule has 0 saturated carbocycles. The van der Waals surface area contributed by atoms with Crippen molar-refractivity contribution < 1.29 is 14.0 Å². The van der Waals surface area contributed by atoms with E-state index in [9.17, 15) is 14.0 Å². The summed E-state index contributed by atoms with van der Waals surface area (Å²) in [6.07, 6.45) is 3.41. The molecule has 0 radical (unpaired) electrons. The predicted octanol–water partition coefficient (Wildman–Crippen LogP) is 4.62. The van der Waals surface area contributed by atoms with Crippen LogP contribution >= 0.6 is 0 Å². The number of hydrogen-bond donors (Lipinski definition) is 0. The number of fused-ring (bicyclic) bond motifs is 1. The molecule has 0 bridgehead atoms. The summed E-state index contributed by atoms with van der Waals surface area (Å²) in [5.41, 5.74) is 1.39. The quantitative estimate of drug-likeness (QED) is 0.686. The Balaban J connectivity index is 1.68. The molecule has 3 atom stereocenters. The largest absolute Gasteiger partial charge is 0.337 e. The third kappa shape index (κ3) is 4.43. The van der Waals surface area contributed by atoms with Gasteiger partial charge >= 0.3 is 0 Å². The molecule has 4 rings (SSSR count). The van der Waals surface area contributed by atoms with E-state index in [-0.39, 0.29) is 35.6 Å². The molecule has 2 heterocycles. The van der Waals surface area contributed by atoms with Crippen molar-refractivity contribution >= 4 is 11.8 Å². The zero-order chi connectivity index (χ0) is 22.9. The van der Waals surface area contributed by atoms with Gasteiger partial charge in [0, 0.05) is 18.0 Å². The number of benzene rings is 2. The first-order chi connectivity index (χ1) is 15.3. The molecule has 0 N–H and O–H groups in total. The van der Waals surface area contributed by atoms with E-state index in [1.54, 1.807) is 12.1 Å². The van der Waals surface area contributed by atoms with Crippen LogP contribution in [0.4, 0.5) is 4.39 Å². The van der Waals surface area contributed by atoms with Crippen LogP contribution in [0, 0.1) is 11.7 Å². The van der Waals surface area contributed by atoms with Crippen molar-refractivity contribution in [1.29, 1.82) is 0 Å². The average molecular weight is 437 g/mol. The molecule has 0 unspecified atom stereocenters. The number of hydrogen-bond acceptors (Lipinski definition) is 2. The van der Waals surface area contributed by atoms with Crippen molar-refractivity contribution in [2.45, 2.75) is 70.5 Å². The lowest BCUT2D eigenvalue weighted by Crippen LogP contribution is -2.55. The number of halogens is 1. The summed E-state index contributed by atoms with van der Waals surface area (Å²) in [5.74, 6) is -0.0933. The van der Waals surface area contributed by atoms with E-state index in [0.717, 1.165) is 30.5 Å². The standard InChI is InChI=1S/C27H33FN2O2/c1-19(2)26(32)29-14-8-13-23-24(29)18-27(3,17-21-11-7-12-22(28)15-21)30(23)25(31)16-20-9-5-4-6-10-20/h4-7,9-12,15,19,23-24H,8,13-14,16-18H2,1-3H3/t23-,24-,27+/m0/s1. The van der Waals surface area contributed by atoms with Crippen LogP contribution < -0.4 is 0 Å². The van der Waals surface area contributed by atoms with Gasteiger partial charge < -0.3 is 9.80 Å². The minimum atomic E-state index is -0.477. The Bertz CT molecular complexity index is 977. The number of amides is 2. The van der Waals surface area contributed by atoms with Gasteiger partial charge in [-0.05, 0) is 55.9 Å². The van der Waals surface area contributed by atoms with Gasteiger partial charge in [-0.15, -0.1) is 0 Å². The summed E-state index contributed by atoms with van der Waals surface area (Å²) < 4.78 is 13.9. The van der Waals surface area contributed by atoms with Crippen LogP contribution in [0.2, 0.25) is 0 Å². The SMILES string of the molecule is CC(C)C(=O)N1CCC[C@H]2[C@@H]1C[C@@](C)(Cc1cccc(F)c1)N2C(=O)Cc1ccccc1. The van der Waals surface area contributed by atoms with Crippen molar-refractivity contribution in [2.24, 2.45) is 5.92 Å². The van der Waals surface area contributed by atoms with Gasteiger partial charge in [0.15, 0.2) is 0 Å². The molecular weight excluding hydrogens is 403 g/mol. The Hall–Kier alpha value is -2.69. The van der Waals surface area contributed by atoms with Crippen LogP contribution in [-0.4, -0.2) is 45.8 Å². The van der Waals surface area contributed by atoms with E-state index < -0.39 is 5.54 Å². The van der Waals surface area contributed by atoms with Crippen molar-refractivity contribution in [3.63, 3.8) is 0 Å². The first-order valence-corrected chi connectivity index (χ1v) is 11.7. The van der Waals surface area contributed by atoms with Crippen molar-refractivity contribution in [2.75, 3.05) is 6.54 Å². The third-order valence-electron chi connectivity index (χ3n) is 7.02. The lowest BCUT2D eigenvalue weighted by Gasteiger charge is -2.42. The molecule has 5 heteroatoms. The molecule has 0 aliphatic carbocycles. The Morgan fingerprint density at radius 2 is 1.78 bits per heavy atom. The highest BCUT2D eigenvalue weighted by molar-refractivity contribution is 5.82. The first kappa shape index (κ1) is 22.5. The summed E-state index contributed by atoms with van der Waals surface area (Å²) in [4.78, 5) is 30.8. The highest BCUT2D eigenvalue weighted by atomic mass is 19.1. The lowest BCUT2D eigenvalue weighted by molar-refractivity contribution is -0.143. The fourth-order valence-electron chi connectivity index (χ4n) is 5.72. The van der Waals surface area contributed by atoms with Crippen LogP contribution in [0.25, 0.3) is 0 Å². The number of piperidine rings is 1. The van der Waals surface area contributed by atoms with Crippen molar-refractivity contribution in [3.8, 4) is 0 Å². The number of rotatable bonds is 5. The highest BCUT2D eigenvalue weighted by Gasteiger charge is 2.54. The number of nitrogens with zero attached hydrogens (tertiary/aromatic N) is 2. The highest BCUT2D eigenvalue weighted by Crippen LogP contribution is 2.43. The van der Waals surface area contributed by atoms with E-state index in [1.807, 2.05) is 55.1 Å². The number of carbonyl (C=O) groups is 2. The zero-order valence-electron chi connectivity index (χ0n) is 19.3. The van der Waals surface area contributed by atoms with E-state index in [4.69, 9.17) is 0 Å². The van der Waals surface area contributed by atoms with Crippen LogP contribution in [0.1, 0.15) is 51.2 Å². The fourth-order valence-corrected chi connectivity index (χ4v) is 5.72. The summed E-state index contributed by atoms with van der Waals surface area (Å²) in [5, 5.41) is 0. The topological polar surface area (TPSA) is 40.6 Å². The molecule has 170 valence electrons. The molecule has 0 aromatic heterocycles. The molecular formula is C27H33FN2O2. The average Bonchev–Trinajstić information content (AvgIpc) is 3.05. The second-order valence-electron chi connectivity index (χ2n) is 9.90. The van der Waals surface area contributed by atoms with E-state index in [0.29, 0.717) is 19.3 Å². The Kier molecular flexibility index (Phi) is 6.36. The second kappa shape index (κ2) is 9.05. The smallest absolute Gasteiger partial charge is 0.227 e. The van der Waals surface area contributed by atoms with Gasteiger partial charge in [0.2, 0.25) is 11.8 Å². The number of carbonyl (C=O) groups excluding carboxylic acids is 2. The minimum absolute atomic E-state index is 0.00113. The summed E-state index contributed by atoms with van der Waals surface area (Å²) in [6, 6.07) is 16.5. The van der Waals surface area contributed by atoms with Crippen molar-refractivity contribution in [3.05, 3.63) is 71.5 Å². The van der Waals surface area contributed by atoms with E-state index in [2.05, 4.69) is 11.8 Å². The van der Waals surface area contributed by atoms with Gasteiger partial charge in [0.25, 0.3) is 0 Å². The predicted molar refractivity (Wildman–Crippen MR) is 123 cm³/mol. The molecule has 2 aromatic rings. The summed E-state index contributed by atoms with van der Waals surface area (Å²) in [6.45, 7) is 6.72. The Morgan fingerprint density at radius 1 is 1.06 bits per heavy atom. The lowest BCUT2D eigenvalue weighted by atomic mass is 9.87. The fraction of sp³-hybridized carbons (Fsp3) is 0.481. The number of likely N-dealkylation sites (tertiary alicyclic amines) is 2. The summed E-state index contributed by atoms with van der Waals surface area (Å²) in [7, 11) is 0. The molecule has 2 saturated heterocycles. The minimum Gasteiger partial charge on any atom is -0.337 e. The van der Waals surface area contributed by atoms with Gasteiger partial charge in [-0.1, -0.05) is 56.3 Å². The second-order valence-corrected chi connectivity index (χ2v) is 9.90. The van der Waals surface area contributed by atoms with Gasteiger partial charge in [-0.25, -0.2) is 4.39 Å². The van der Waals surface area contributed by atoms with Gasteiger partial charge in [0.1, 0.15) is 5.82 Å². The Morgan fingerprint density at radius 3 is 2.47 bits per heavy atom. The van der Waals surface area contributed by atoms with Crippen LogP contribution in [-0.2, 0) is 22.4 Å². The van der Waals surface area contributed by atoms with Gasteiger partial charge in [0.05, 0.1) is 18.5 Å². The molecule has 0 spiro atoms. The molecule has 4 nitrogen and oxygen atoms in total. The van der Waals surface area contributed by atoms with Gasteiger partial charge in [-0.3, -0.25) is 9.59 Å². The maximum absolute atomic E-state index is 13.9. The molecule has 2 aromatic carbocycles. The summed E-state index contributed by atoms with van der Waals surface area (Å²) >= 11 is 0. The molecule has 2 amide bonds. The van der Waals surface area contributed by atoms with Crippen LogP contribution in [0.3, 0.4) is 0 Å². The van der Waals surface area contributed by atoms with Crippen LogP contribution in [0.5, 0.6) is 0 Å². The van der Waals surface area contributed by atoms with E-state index >= 15 is 0 Å². The third-order valence-corrected chi connectivity index (χ3v) is 7.02. The maximum Gasteiger partial charge on any atom is 0.227 e. The maximum atomic E-state index is 13.9. The first-order valence-electron chi connectivity index (χ1n) is 11.7. The molecule has 2 aliphatic rings. The molecule has 32 heavy (non-hydrogen) atoms. The molecule has 2 aliphatic heterocycles. The zero-order valence-corrected chi connectivity index (χ0v) is 19.3. The Labute approximate surface area is 190 Å². The van der Waals surface area contributed by atoms with Crippen molar-refractivity contribution in [1.82, 2.24) is 9.80 Å². The monoisotopic (exact) mass is 436 g/mol. The van der Waals surface area contributed by atoms with E-state index in [1.165, 1.54) is 6.07 Å². The molecule has 2 fully saturated rings.